The highest BCUT2D eigenvalue weighted by Crippen LogP contribution is 2.23. The molecule has 1 aromatic carbocycles. The number of ether oxygens (including phenoxy) is 1. The maximum atomic E-state index is 12.1. The zero-order valence-corrected chi connectivity index (χ0v) is 13.4. The van der Waals surface area contributed by atoms with Crippen molar-refractivity contribution in [3.05, 3.63) is 29.3 Å². The Balaban J connectivity index is 1.81. The van der Waals surface area contributed by atoms with Gasteiger partial charge in [0.05, 0.1) is 0 Å². The molecule has 0 unspecified atom stereocenters. The normalized spacial score (nSPS) is 17.3. The number of benzene rings is 1. The van der Waals surface area contributed by atoms with E-state index in [9.17, 15) is 4.79 Å². The van der Waals surface area contributed by atoms with E-state index in [0.29, 0.717) is 5.92 Å². The molecule has 0 spiro atoms. The largest absolute Gasteiger partial charge is 0.481 e. The molecule has 0 radical (unpaired) electrons. The van der Waals surface area contributed by atoms with E-state index in [4.69, 9.17) is 4.74 Å². The van der Waals surface area contributed by atoms with Gasteiger partial charge >= 0.3 is 0 Å². The van der Waals surface area contributed by atoms with Crippen LogP contribution in [0.25, 0.3) is 0 Å². The highest BCUT2D eigenvalue weighted by Gasteiger charge is 2.18. The number of aryl methyl sites for hydroxylation is 2. The second-order valence-electron chi connectivity index (χ2n) is 6.28. The summed E-state index contributed by atoms with van der Waals surface area (Å²) >= 11 is 0. The molecule has 1 saturated carbocycles. The summed E-state index contributed by atoms with van der Waals surface area (Å²) in [5.41, 5.74) is 2.27. The molecular weight excluding hydrogens is 262 g/mol. The van der Waals surface area contributed by atoms with Crippen LogP contribution < -0.4 is 10.1 Å². The number of rotatable bonds is 5. The predicted molar refractivity (Wildman–Crippen MR) is 85.6 cm³/mol. The molecule has 0 aromatic heterocycles. The van der Waals surface area contributed by atoms with Crippen LogP contribution in [0.1, 0.15) is 50.2 Å². The Morgan fingerprint density at radius 1 is 1.29 bits per heavy atom. The molecule has 1 aromatic rings. The summed E-state index contributed by atoms with van der Waals surface area (Å²) in [6.07, 6.45) is 5.98. The molecule has 1 fully saturated rings. The fraction of sp³-hybridized carbons (Fsp3) is 0.611. The number of carbonyl (C=O) groups excluding carboxylic acids is 1. The third-order valence-corrected chi connectivity index (χ3v) is 4.29. The number of nitrogens with one attached hydrogen (secondary N) is 1. The Hall–Kier alpha value is -1.51. The third-order valence-electron chi connectivity index (χ3n) is 4.29. The molecule has 0 aliphatic heterocycles. The smallest absolute Gasteiger partial charge is 0.260 e. The van der Waals surface area contributed by atoms with Crippen molar-refractivity contribution in [3.8, 4) is 5.75 Å². The molecule has 3 nitrogen and oxygen atoms in total. The second-order valence-corrected chi connectivity index (χ2v) is 6.28. The van der Waals surface area contributed by atoms with Gasteiger partial charge in [-0.15, -0.1) is 0 Å². The first kappa shape index (κ1) is 15.9. The van der Waals surface area contributed by atoms with Crippen molar-refractivity contribution in [1.29, 1.82) is 0 Å². The summed E-state index contributed by atoms with van der Waals surface area (Å²) in [4.78, 5) is 12.1. The Morgan fingerprint density at radius 2 is 2.00 bits per heavy atom. The molecule has 3 heteroatoms. The lowest BCUT2D eigenvalue weighted by molar-refractivity contribution is -0.127. The van der Waals surface area contributed by atoms with E-state index in [0.717, 1.165) is 17.9 Å². The molecule has 1 N–H and O–H groups in total. The van der Waals surface area contributed by atoms with Gasteiger partial charge in [-0.3, -0.25) is 4.79 Å². The Kier molecular flexibility index (Phi) is 5.66. The zero-order valence-electron chi connectivity index (χ0n) is 13.4. The van der Waals surface area contributed by atoms with Crippen LogP contribution in [0.5, 0.6) is 5.75 Å². The summed E-state index contributed by atoms with van der Waals surface area (Å²) in [7, 11) is 0. The fourth-order valence-corrected chi connectivity index (χ4v) is 2.96. The highest BCUT2D eigenvalue weighted by molar-refractivity contribution is 5.80. The van der Waals surface area contributed by atoms with Gasteiger partial charge in [0.25, 0.3) is 5.91 Å². The van der Waals surface area contributed by atoms with Crippen LogP contribution in [-0.4, -0.2) is 18.6 Å². The van der Waals surface area contributed by atoms with Crippen LogP contribution in [-0.2, 0) is 4.79 Å². The second kappa shape index (κ2) is 7.48. The number of amides is 1. The fourth-order valence-electron chi connectivity index (χ4n) is 2.96. The van der Waals surface area contributed by atoms with Crippen molar-refractivity contribution in [2.75, 3.05) is 6.54 Å². The van der Waals surface area contributed by atoms with E-state index in [1.54, 1.807) is 0 Å². The van der Waals surface area contributed by atoms with Gasteiger partial charge in [-0.25, -0.2) is 0 Å². The first-order chi connectivity index (χ1) is 10.1. The van der Waals surface area contributed by atoms with Crippen LogP contribution in [0.3, 0.4) is 0 Å². The first-order valence-electron chi connectivity index (χ1n) is 8.08. The van der Waals surface area contributed by atoms with Crippen LogP contribution in [0.15, 0.2) is 18.2 Å². The molecule has 1 aliphatic carbocycles. The number of hydrogen-bond donors (Lipinski definition) is 1. The van der Waals surface area contributed by atoms with Gasteiger partial charge in [0, 0.05) is 6.54 Å². The van der Waals surface area contributed by atoms with Crippen LogP contribution >= 0.6 is 0 Å². The maximum Gasteiger partial charge on any atom is 0.260 e. The van der Waals surface area contributed by atoms with Gasteiger partial charge in [-0.05, 0) is 51.2 Å². The summed E-state index contributed by atoms with van der Waals surface area (Å²) in [6.45, 7) is 6.67. The first-order valence-corrected chi connectivity index (χ1v) is 8.08. The lowest BCUT2D eigenvalue weighted by atomic mass is 9.89. The van der Waals surface area contributed by atoms with Gasteiger partial charge in [0.2, 0.25) is 0 Å². The lowest BCUT2D eigenvalue weighted by Crippen LogP contribution is -2.39. The molecule has 1 aliphatic rings. The minimum Gasteiger partial charge on any atom is -0.481 e. The standard InChI is InChI=1S/C18H27NO2/c1-13-9-10-17(14(2)11-13)21-15(3)18(20)19-12-16-7-5-4-6-8-16/h9-11,15-16H,4-8,12H2,1-3H3,(H,19,20)/t15-/m1/s1. The SMILES string of the molecule is Cc1ccc(O[C@H](C)C(=O)NCC2CCCCC2)c(C)c1. The monoisotopic (exact) mass is 289 g/mol. The molecule has 2 rings (SSSR count). The van der Waals surface area contributed by atoms with Crippen molar-refractivity contribution in [3.63, 3.8) is 0 Å². The maximum absolute atomic E-state index is 12.1. The van der Waals surface area contributed by atoms with E-state index < -0.39 is 6.10 Å². The number of carbonyl (C=O) groups is 1. The van der Waals surface area contributed by atoms with E-state index in [1.807, 2.05) is 26.0 Å². The quantitative estimate of drug-likeness (QED) is 0.896. The van der Waals surface area contributed by atoms with Crippen molar-refractivity contribution in [2.24, 2.45) is 5.92 Å². The summed E-state index contributed by atoms with van der Waals surface area (Å²) in [5, 5.41) is 3.04. The number of hydrogen-bond acceptors (Lipinski definition) is 2. The topological polar surface area (TPSA) is 38.3 Å². The van der Waals surface area contributed by atoms with Crippen LogP contribution in [0.4, 0.5) is 0 Å². The summed E-state index contributed by atoms with van der Waals surface area (Å²) in [5.74, 6) is 1.43. The molecule has 0 heterocycles. The third kappa shape index (κ3) is 4.76. The molecule has 21 heavy (non-hydrogen) atoms. The molecular formula is C18H27NO2. The minimum atomic E-state index is -0.449. The average Bonchev–Trinajstić information content (AvgIpc) is 2.48. The molecule has 0 saturated heterocycles. The molecule has 0 bridgehead atoms. The van der Waals surface area contributed by atoms with E-state index >= 15 is 0 Å². The van der Waals surface area contributed by atoms with E-state index in [1.165, 1.54) is 37.7 Å². The minimum absolute atomic E-state index is 0.0134. The summed E-state index contributed by atoms with van der Waals surface area (Å²) < 4.78 is 5.79. The van der Waals surface area contributed by atoms with Gasteiger partial charge in [0.1, 0.15) is 5.75 Å². The van der Waals surface area contributed by atoms with Crippen molar-refractivity contribution < 1.29 is 9.53 Å². The van der Waals surface area contributed by atoms with Crippen molar-refractivity contribution in [1.82, 2.24) is 5.32 Å². The van der Waals surface area contributed by atoms with Crippen LogP contribution in [0, 0.1) is 19.8 Å². The average molecular weight is 289 g/mol. The van der Waals surface area contributed by atoms with Crippen LogP contribution in [0.2, 0.25) is 0 Å². The van der Waals surface area contributed by atoms with Gasteiger partial charge in [0.15, 0.2) is 6.10 Å². The lowest BCUT2D eigenvalue weighted by Gasteiger charge is -2.23. The molecule has 1 atom stereocenters. The van der Waals surface area contributed by atoms with Crippen molar-refractivity contribution in [2.45, 2.75) is 59.0 Å². The Morgan fingerprint density at radius 3 is 2.67 bits per heavy atom. The van der Waals surface area contributed by atoms with E-state index in [2.05, 4.69) is 18.3 Å². The summed E-state index contributed by atoms with van der Waals surface area (Å²) in [6, 6.07) is 6.02. The Bertz CT molecular complexity index is 478. The molecule has 1 amide bonds. The van der Waals surface area contributed by atoms with Crippen molar-refractivity contribution >= 4 is 5.91 Å². The Labute approximate surface area is 128 Å². The van der Waals surface area contributed by atoms with Gasteiger partial charge < -0.3 is 10.1 Å². The highest BCUT2D eigenvalue weighted by atomic mass is 16.5. The zero-order chi connectivity index (χ0) is 15.2. The van der Waals surface area contributed by atoms with Gasteiger partial charge in [-0.1, -0.05) is 37.0 Å². The predicted octanol–water partition coefficient (Wildman–Crippen LogP) is 3.77. The molecule has 116 valence electrons. The van der Waals surface area contributed by atoms with E-state index in [-0.39, 0.29) is 5.91 Å². The van der Waals surface area contributed by atoms with Gasteiger partial charge in [-0.2, -0.15) is 0 Å².